The van der Waals surface area contributed by atoms with Gasteiger partial charge in [-0.3, -0.25) is 9.69 Å². The van der Waals surface area contributed by atoms with Gasteiger partial charge >= 0.3 is 17.6 Å². The van der Waals surface area contributed by atoms with E-state index < -0.39 is 23.5 Å². The number of amides is 1. The molecule has 1 amide bonds. The van der Waals surface area contributed by atoms with Gasteiger partial charge in [-0.05, 0) is 67.7 Å². The Labute approximate surface area is 186 Å². The quantitative estimate of drug-likeness (QED) is 0.520. The minimum absolute atomic E-state index is 0.0751. The molecule has 1 fully saturated rings. The van der Waals surface area contributed by atoms with Crippen molar-refractivity contribution in [2.75, 3.05) is 19.6 Å². The number of alkyl halides is 6. The van der Waals surface area contributed by atoms with Gasteiger partial charge in [0, 0.05) is 13.1 Å². The van der Waals surface area contributed by atoms with Crippen LogP contribution in [0.25, 0.3) is 0 Å². The zero-order chi connectivity index (χ0) is 23.5. The van der Waals surface area contributed by atoms with Crippen LogP contribution in [-0.4, -0.2) is 35.6 Å². The number of halogens is 6. The maximum absolute atomic E-state index is 13.4. The number of likely N-dealkylation sites (tertiary alicyclic amines) is 1. The number of thioether (sulfide) groups is 1. The molecule has 1 aromatic rings. The van der Waals surface area contributed by atoms with Crippen molar-refractivity contribution in [3.05, 3.63) is 45.9 Å². The molecule has 0 aliphatic carbocycles. The van der Waals surface area contributed by atoms with Crippen molar-refractivity contribution in [1.82, 2.24) is 10.2 Å². The highest BCUT2D eigenvalue weighted by Gasteiger charge is 2.38. The Kier molecular flexibility index (Phi) is 7.59. The van der Waals surface area contributed by atoms with Crippen molar-refractivity contribution in [3.8, 4) is 0 Å². The second kappa shape index (κ2) is 9.86. The lowest BCUT2D eigenvalue weighted by atomic mass is 9.95. The van der Waals surface area contributed by atoms with Crippen LogP contribution in [0, 0.1) is 5.92 Å². The summed E-state index contributed by atoms with van der Waals surface area (Å²) in [6, 6.07) is 1.80. The van der Waals surface area contributed by atoms with Crippen molar-refractivity contribution in [2.45, 2.75) is 45.1 Å². The van der Waals surface area contributed by atoms with Crippen LogP contribution in [0.15, 0.2) is 34.2 Å². The summed E-state index contributed by atoms with van der Waals surface area (Å²) < 4.78 is 78.7. The van der Waals surface area contributed by atoms with Gasteiger partial charge in [-0.1, -0.05) is 19.1 Å². The molecule has 4 nitrogen and oxygen atoms in total. The number of benzene rings is 1. The minimum Gasteiger partial charge on any atom is -0.369 e. The summed E-state index contributed by atoms with van der Waals surface area (Å²) in [5.41, 5.74) is -2.73. The van der Waals surface area contributed by atoms with E-state index in [1.165, 1.54) is 0 Å². The highest BCUT2D eigenvalue weighted by atomic mass is 32.2. The number of nitrogens with zero attached hydrogens (tertiary/aromatic N) is 2. The van der Waals surface area contributed by atoms with Gasteiger partial charge in [0.05, 0.1) is 16.0 Å². The minimum atomic E-state index is -4.87. The van der Waals surface area contributed by atoms with Crippen LogP contribution in [0.4, 0.5) is 31.1 Å². The lowest BCUT2D eigenvalue weighted by Gasteiger charge is -2.31. The summed E-state index contributed by atoms with van der Waals surface area (Å²) in [5, 5.41) is 2.84. The number of carbonyl (C=O) groups is 1. The monoisotopic (exact) mass is 479 g/mol. The standard InChI is InChI=1S/C21H23F6N3OS/c1-2-7-28-18-17(32-19(31)29-18)10-13-5-8-30(9-6-13)12-14-3-4-15(20(22,23)24)11-16(14)21(25,26)27/h3-4,10-11,13H,2,5-9,12H2,1H3,(H,28,29,31). The number of aliphatic imine (C=N–C) groups is 1. The Balaban J connectivity index is 1.65. The second-order valence-electron chi connectivity index (χ2n) is 7.77. The van der Waals surface area contributed by atoms with Gasteiger partial charge in [0.1, 0.15) is 5.84 Å². The van der Waals surface area contributed by atoms with E-state index in [2.05, 4.69) is 10.3 Å². The molecule has 32 heavy (non-hydrogen) atoms. The molecule has 0 saturated carbocycles. The summed E-state index contributed by atoms with van der Waals surface area (Å²) in [6.45, 7) is 3.61. The summed E-state index contributed by atoms with van der Waals surface area (Å²) in [4.78, 5) is 18.2. The van der Waals surface area contributed by atoms with E-state index in [9.17, 15) is 31.1 Å². The van der Waals surface area contributed by atoms with Crippen LogP contribution >= 0.6 is 11.8 Å². The Bertz CT molecular complexity index is 902. The summed E-state index contributed by atoms with van der Waals surface area (Å²) in [5.74, 6) is 0.701. The number of amidine groups is 1. The van der Waals surface area contributed by atoms with Gasteiger partial charge in [-0.25, -0.2) is 0 Å². The topological polar surface area (TPSA) is 44.7 Å². The predicted molar refractivity (Wildman–Crippen MR) is 111 cm³/mol. The lowest BCUT2D eigenvalue weighted by molar-refractivity contribution is -0.143. The van der Waals surface area contributed by atoms with E-state index in [-0.39, 0.29) is 29.3 Å². The number of piperidine rings is 1. The van der Waals surface area contributed by atoms with E-state index in [1.807, 2.05) is 17.9 Å². The Morgan fingerprint density at radius 3 is 2.44 bits per heavy atom. The van der Waals surface area contributed by atoms with Crippen molar-refractivity contribution >= 4 is 22.8 Å². The van der Waals surface area contributed by atoms with Crippen LogP contribution in [0.2, 0.25) is 0 Å². The predicted octanol–water partition coefficient (Wildman–Crippen LogP) is 6.09. The molecule has 3 rings (SSSR count). The van der Waals surface area contributed by atoms with Crippen LogP contribution in [0.3, 0.4) is 0 Å². The molecule has 0 spiro atoms. The van der Waals surface area contributed by atoms with E-state index in [4.69, 9.17) is 0 Å². The number of allylic oxidation sites excluding steroid dienone is 1. The first-order valence-electron chi connectivity index (χ1n) is 10.2. The van der Waals surface area contributed by atoms with Crippen LogP contribution in [0.5, 0.6) is 0 Å². The maximum atomic E-state index is 13.4. The molecular formula is C21H23F6N3OS. The third-order valence-corrected chi connectivity index (χ3v) is 6.15. The number of carbonyl (C=O) groups excluding carboxylic acids is 1. The van der Waals surface area contributed by atoms with Crippen molar-refractivity contribution < 1.29 is 31.1 Å². The first kappa shape index (κ1) is 24.6. The SMILES string of the molecule is CCCNC1=NC(=O)SC1=CC1CCN(Cc2ccc(C(F)(F)F)cc2C(F)(F)F)CC1. The fraction of sp³-hybridized carbons (Fsp3) is 0.524. The van der Waals surface area contributed by atoms with Crippen LogP contribution < -0.4 is 5.32 Å². The van der Waals surface area contributed by atoms with Gasteiger partial charge in [0.2, 0.25) is 0 Å². The zero-order valence-corrected chi connectivity index (χ0v) is 18.1. The molecule has 2 aliphatic heterocycles. The molecule has 0 radical (unpaired) electrons. The van der Waals surface area contributed by atoms with Crippen LogP contribution in [-0.2, 0) is 18.9 Å². The number of hydrogen-bond donors (Lipinski definition) is 1. The van der Waals surface area contributed by atoms with E-state index in [0.717, 1.165) is 29.2 Å². The first-order valence-corrected chi connectivity index (χ1v) is 11.0. The highest BCUT2D eigenvalue weighted by Crippen LogP contribution is 2.38. The molecule has 176 valence electrons. The average molecular weight is 479 g/mol. The zero-order valence-electron chi connectivity index (χ0n) is 17.3. The Hall–Kier alpha value is -2.01. The average Bonchev–Trinajstić information content (AvgIpc) is 3.05. The number of hydrogen-bond acceptors (Lipinski definition) is 4. The second-order valence-corrected chi connectivity index (χ2v) is 8.76. The van der Waals surface area contributed by atoms with Crippen molar-refractivity contribution in [1.29, 1.82) is 0 Å². The normalized spacial score (nSPS) is 20.2. The largest absolute Gasteiger partial charge is 0.416 e. The van der Waals surface area contributed by atoms with E-state index >= 15 is 0 Å². The molecule has 0 unspecified atom stereocenters. The molecule has 0 bridgehead atoms. The fourth-order valence-electron chi connectivity index (χ4n) is 3.68. The maximum Gasteiger partial charge on any atom is 0.416 e. The molecule has 0 atom stereocenters. The molecule has 1 aromatic carbocycles. The first-order chi connectivity index (χ1) is 15.0. The van der Waals surface area contributed by atoms with Gasteiger partial charge in [0.25, 0.3) is 0 Å². The third-order valence-electron chi connectivity index (χ3n) is 5.33. The fourth-order valence-corrected chi connectivity index (χ4v) is 4.48. The van der Waals surface area contributed by atoms with Crippen molar-refractivity contribution in [2.24, 2.45) is 10.9 Å². The summed E-state index contributed by atoms with van der Waals surface area (Å²) in [7, 11) is 0. The van der Waals surface area contributed by atoms with Gasteiger partial charge in [0.15, 0.2) is 0 Å². The Morgan fingerprint density at radius 1 is 1.16 bits per heavy atom. The van der Waals surface area contributed by atoms with Gasteiger partial charge in [-0.2, -0.15) is 31.3 Å². The summed E-state index contributed by atoms with van der Waals surface area (Å²) in [6.07, 6.45) is -5.51. The molecule has 0 aromatic heterocycles. The molecule has 1 saturated heterocycles. The number of rotatable bonds is 5. The molecule has 11 heteroatoms. The van der Waals surface area contributed by atoms with Gasteiger partial charge < -0.3 is 5.32 Å². The molecule has 1 N–H and O–H groups in total. The molecule has 2 aliphatic rings. The molecule has 2 heterocycles. The third kappa shape index (κ3) is 6.28. The summed E-state index contributed by atoms with van der Waals surface area (Å²) >= 11 is 1.05. The Morgan fingerprint density at radius 2 is 1.84 bits per heavy atom. The lowest BCUT2D eigenvalue weighted by Crippen LogP contribution is -2.33. The van der Waals surface area contributed by atoms with E-state index in [1.54, 1.807) is 0 Å². The molecular weight excluding hydrogens is 456 g/mol. The van der Waals surface area contributed by atoms with E-state index in [0.29, 0.717) is 44.4 Å². The highest BCUT2D eigenvalue weighted by molar-refractivity contribution is 8.18. The number of nitrogens with one attached hydrogen (secondary N) is 1. The van der Waals surface area contributed by atoms with Gasteiger partial charge in [-0.15, -0.1) is 0 Å². The van der Waals surface area contributed by atoms with Crippen LogP contribution in [0.1, 0.15) is 42.9 Å². The van der Waals surface area contributed by atoms with Crippen molar-refractivity contribution in [3.63, 3.8) is 0 Å². The smallest absolute Gasteiger partial charge is 0.369 e.